The Kier molecular flexibility index (Phi) is 5.28. The summed E-state index contributed by atoms with van der Waals surface area (Å²) in [7, 11) is 0. The van der Waals surface area contributed by atoms with Crippen molar-refractivity contribution in [2.75, 3.05) is 6.54 Å². The highest BCUT2D eigenvalue weighted by atomic mass is 35.5. The molecule has 0 aliphatic carbocycles. The van der Waals surface area contributed by atoms with E-state index in [1.807, 2.05) is 48.9 Å². The predicted octanol–water partition coefficient (Wildman–Crippen LogP) is 4.64. The van der Waals surface area contributed by atoms with Crippen molar-refractivity contribution in [1.82, 2.24) is 19.7 Å². The van der Waals surface area contributed by atoms with Crippen LogP contribution in [0.2, 0.25) is 5.02 Å². The van der Waals surface area contributed by atoms with Gasteiger partial charge in [0.05, 0.1) is 17.5 Å². The molecular weight excluding hydrogens is 348 g/mol. The lowest BCUT2D eigenvalue weighted by Crippen LogP contribution is -2.31. The number of benzene rings is 1. The molecule has 6 heteroatoms. The van der Waals surface area contributed by atoms with Gasteiger partial charge in [0.15, 0.2) is 5.65 Å². The number of halogens is 1. The summed E-state index contributed by atoms with van der Waals surface area (Å²) in [4.78, 5) is 19.5. The molecule has 0 spiro atoms. The van der Waals surface area contributed by atoms with E-state index in [4.69, 9.17) is 11.6 Å². The van der Waals surface area contributed by atoms with Crippen LogP contribution in [0.3, 0.4) is 0 Å². The van der Waals surface area contributed by atoms with E-state index in [0.717, 1.165) is 16.6 Å². The zero-order chi connectivity index (χ0) is 18.8. The average molecular weight is 371 g/mol. The SMILES string of the molecule is CCN(Cc1ccccc1Cl)C(=O)c1cc2cnn(C(C)C)c2nc1C. The molecule has 136 valence electrons. The quantitative estimate of drug-likeness (QED) is 0.657. The summed E-state index contributed by atoms with van der Waals surface area (Å²) >= 11 is 6.26. The molecule has 0 N–H and O–H groups in total. The fraction of sp³-hybridized carbons (Fsp3) is 0.350. The van der Waals surface area contributed by atoms with Gasteiger partial charge in [-0.2, -0.15) is 5.10 Å². The van der Waals surface area contributed by atoms with Gasteiger partial charge in [-0.1, -0.05) is 29.8 Å². The first-order valence-electron chi connectivity index (χ1n) is 8.80. The van der Waals surface area contributed by atoms with E-state index in [-0.39, 0.29) is 11.9 Å². The molecule has 2 aromatic heterocycles. The molecule has 3 rings (SSSR count). The molecule has 26 heavy (non-hydrogen) atoms. The number of hydrogen-bond acceptors (Lipinski definition) is 3. The molecule has 3 aromatic rings. The van der Waals surface area contributed by atoms with E-state index in [2.05, 4.69) is 23.9 Å². The molecule has 0 saturated heterocycles. The largest absolute Gasteiger partial charge is 0.334 e. The minimum Gasteiger partial charge on any atom is -0.334 e. The van der Waals surface area contributed by atoms with Gasteiger partial charge >= 0.3 is 0 Å². The Labute approximate surface area is 158 Å². The monoisotopic (exact) mass is 370 g/mol. The van der Waals surface area contributed by atoms with Gasteiger partial charge in [-0.15, -0.1) is 0 Å². The molecule has 0 radical (unpaired) electrons. The summed E-state index contributed by atoms with van der Waals surface area (Å²) in [5.41, 5.74) is 3.06. The van der Waals surface area contributed by atoms with E-state index in [1.165, 1.54) is 0 Å². The lowest BCUT2D eigenvalue weighted by atomic mass is 10.1. The molecule has 0 aliphatic rings. The second-order valence-corrected chi connectivity index (χ2v) is 7.04. The van der Waals surface area contributed by atoms with Gasteiger partial charge in [0.2, 0.25) is 0 Å². The fourth-order valence-electron chi connectivity index (χ4n) is 2.99. The van der Waals surface area contributed by atoms with Crippen molar-refractivity contribution in [2.24, 2.45) is 0 Å². The minimum absolute atomic E-state index is 0.0448. The molecule has 0 unspecified atom stereocenters. The van der Waals surface area contributed by atoms with Crippen molar-refractivity contribution in [3.05, 3.63) is 58.4 Å². The van der Waals surface area contributed by atoms with Crippen LogP contribution in [0.25, 0.3) is 11.0 Å². The Bertz CT molecular complexity index is 948. The predicted molar refractivity (Wildman–Crippen MR) is 105 cm³/mol. The Balaban J connectivity index is 1.95. The van der Waals surface area contributed by atoms with Crippen LogP contribution in [0.1, 0.15) is 48.4 Å². The molecular formula is C20H23ClN4O. The number of fused-ring (bicyclic) bond motifs is 1. The van der Waals surface area contributed by atoms with Crippen molar-refractivity contribution >= 4 is 28.5 Å². The normalized spacial score (nSPS) is 11.3. The van der Waals surface area contributed by atoms with Crippen LogP contribution in [0.5, 0.6) is 0 Å². The van der Waals surface area contributed by atoms with Gasteiger partial charge in [0.25, 0.3) is 5.91 Å². The molecule has 1 amide bonds. The number of amides is 1. The summed E-state index contributed by atoms with van der Waals surface area (Å²) in [5, 5.41) is 5.94. The highest BCUT2D eigenvalue weighted by Gasteiger charge is 2.20. The first-order valence-corrected chi connectivity index (χ1v) is 9.17. The third-order valence-electron chi connectivity index (χ3n) is 4.47. The van der Waals surface area contributed by atoms with E-state index in [9.17, 15) is 4.79 Å². The topological polar surface area (TPSA) is 51.0 Å². The third kappa shape index (κ3) is 3.44. The van der Waals surface area contributed by atoms with Crippen molar-refractivity contribution in [2.45, 2.75) is 40.3 Å². The zero-order valence-corrected chi connectivity index (χ0v) is 16.3. The van der Waals surface area contributed by atoms with Gasteiger partial charge in [-0.25, -0.2) is 9.67 Å². The number of rotatable bonds is 5. The third-order valence-corrected chi connectivity index (χ3v) is 4.84. The van der Waals surface area contributed by atoms with Crippen molar-refractivity contribution in [1.29, 1.82) is 0 Å². The van der Waals surface area contributed by atoms with E-state index in [0.29, 0.717) is 29.4 Å². The first-order chi connectivity index (χ1) is 12.4. The van der Waals surface area contributed by atoms with E-state index in [1.54, 1.807) is 11.1 Å². The van der Waals surface area contributed by atoms with Crippen LogP contribution in [-0.4, -0.2) is 32.1 Å². The Hall–Kier alpha value is -2.40. The first kappa shape index (κ1) is 18.4. The van der Waals surface area contributed by atoms with Crippen LogP contribution < -0.4 is 0 Å². The van der Waals surface area contributed by atoms with Crippen molar-refractivity contribution < 1.29 is 4.79 Å². The lowest BCUT2D eigenvalue weighted by Gasteiger charge is -2.22. The summed E-state index contributed by atoms with van der Waals surface area (Å²) < 4.78 is 1.87. The van der Waals surface area contributed by atoms with Gasteiger partial charge < -0.3 is 4.90 Å². The Morgan fingerprint density at radius 3 is 2.69 bits per heavy atom. The van der Waals surface area contributed by atoms with Gasteiger partial charge in [0.1, 0.15) is 0 Å². The number of carbonyl (C=O) groups is 1. The summed E-state index contributed by atoms with van der Waals surface area (Å²) in [6.07, 6.45) is 1.77. The average Bonchev–Trinajstić information content (AvgIpc) is 3.02. The molecule has 2 heterocycles. The number of aryl methyl sites for hydroxylation is 1. The van der Waals surface area contributed by atoms with E-state index >= 15 is 0 Å². The smallest absolute Gasteiger partial charge is 0.256 e. The second-order valence-electron chi connectivity index (χ2n) is 6.63. The van der Waals surface area contributed by atoms with Crippen molar-refractivity contribution in [3.8, 4) is 0 Å². The molecule has 0 aliphatic heterocycles. The maximum atomic E-state index is 13.1. The summed E-state index contributed by atoms with van der Waals surface area (Å²) in [6, 6.07) is 9.71. The highest BCUT2D eigenvalue weighted by Crippen LogP contribution is 2.22. The molecule has 1 aromatic carbocycles. The van der Waals surface area contributed by atoms with Gasteiger partial charge in [0, 0.05) is 29.5 Å². The standard InChI is InChI=1S/C20H23ClN4O/c1-5-24(12-15-8-6-7-9-18(15)21)20(26)17-10-16-11-22-25(13(2)3)19(16)23-14(17)4/h6-11,13H,5,12H2,1-4H3. The van der Waals surface area contributed by atoms with E-state index < -0.39 is 0 Å². The zero-order valence-electron chi connectivity index (χ0n) is 15.5. The minimum atomic E-state index is -0.0448. The number of nitrogens with zero attached hydrogens (tertiary/aromatic N) is 4. The van der Waals surface area contributed by atoms with Crippen LogP contribution >= 0.6 is 11.6 Å². The molecule has 5 nitrogen and oxygen atoms in total. The van der Waals surface area contributed by atoms with Crippen molar-refractivity contribution in [3.63, 3.8) is 0 Å². The molecule has 0 fully saturated rings. The molecule has 0 atom stereocenters. The van der Waals surface area contributed by atoms with Crippen LogP contribution in [-0.2, 0) is 6.54 Å². The van der Waals surface area contributed by atoms with Gasteiger partial charge in [-0.3, -0.25) is 4.79 Å². The summed E-state index contributed by atoms with van der Waals surface area (Å²) in [5.74, 6) is -0.0448. The van der Waals surface area contributed by atoms with Gasteiger partial charge in [-0.05, 0) is 45.4 Å². The van der Waals surface area contributed by atoms with Crippen LogP contribution in [0, 0.1) is 6.92 Å². The number of pyridine rings is 1. The Morgan fingerprint density at radius 2 is 2.04 bits per heavy atom. The second kappa shape index (κ2) is 7.46. The van der Waals surface area contributed by atoms with Crippen LogP contribution in [0.4, 0.5) is 0 Å². The number of aromatic nitrogens is 3. The number of hydrogen-bond donors (Lipinski definition) is 0. The highest BCUT2D eigenvalue weighted by molar-refractivity contribution is 6.31. The molecule has 0 saturated carbocycles. The maximum absolute atomic E-state index is 13.1. The number of carbonyl (C=O) groups excluding carboxylic acids is 1. The Morgan fingerprint density at radius 1 is 1.31 bits per heavy atom. The fourth-order valence-corrected chi connectivity index (χ4v) is 3.19. The maximum Gasteiger partial charge on any atom is 0.256 e. The summed E-state index contributed by atoms with van der Waals surface area (Å²) in [6.45, 7) is 9.01. The van der Waals surface area contributed by atoms with Crippen LogP contribution in [0.15, 0.2) is 36.5 Å². The lowest BCUT2D eigenvalue weighted by molar-refractivity contribution is 0.0751. The molecule has 0 bridgehead atoms.